The number of halogens is 1. The van der Waals surface area contributed by atoms with Crippen molar-refractivity contribution in [1.29, 1.82) is 0 Å². The van der Waals surface area contributed by atoms with Gasteiger partial charge in [-0.3, -0.25) is 0 Å². The van der Waals surface area contributed by atoms with E-state index in [4.69, 9.17) is 0 Å². The smallest absolute Gasteiger partial charge is 0.123 e. The van der Waals surface area contributed by atoms with Crippen molar-refractivity contribution in [2.24, 2.45) is 5.92 Å². The summed E-state index contributed by atoms with van der Waals surface area (Å²) in [6, 6.07) is 7.48. The van der Waals surface area contributed by atoms with Crippen LogP contribution in [0, 0.1) is 11.7 Å². The van der Waals surface area contributed by atoms with Crippen molar-refractivity contribution in [3.8, 4) is 0 Å². The van der Waals surface area contributed by atoms with Crippen LogP contribution in [0.1, 0.15) is 32.3 Å². The molecule has 0 aromatic heterocycles. The Hall–Kier alpha value is -0.930. The minimum atomic E-state index is -0.129. The Bertz CT molecular complexity index is 402. The van der Waals surface area contributed by atoms with E-state index in [1.54, 1.807) is 12.1 Å². The van der Waals surface area contributed by atoms with Gasteiger partial charge >= 0.3 is 0 Å². The van der Waals surface area contributed by atoms with Gasteiger partial charge in [0.1, 0.15) is 5.82 Å². The lowest BCUT2D eigenvalue weighted by Crippen LogP contribution is -2.41. The van der Waals surface area contributed by atoms with E-state index in [9.17, 15) is 4.39 Å². The van der Waals surface area contributed by atoms with Gasteiger partial charge in [0.2, 0.25) is 0 Å². The maximum atomic E-state index is 13.3. The molecule has 1 aliphatic rings. The van der Waals surface area contributed by atoms with E-state index in [0.29, 0.717) is 6.04 Å². The molecule has 1 aromatic rings. The predicted octanol–water partition coefficient (Wildman–Crippen LogP) is 3.08. The van der Waals surface area contributed by atoms with Crippen LogP contribution in [0.25, 0.3) is 0 Å². The molecule has 1 N–H and O–H groups in total. The van der Waals surface area contributed by atoms with Crippen LogP contribution in [0.15, 0.2) is 24.3 Å². The van der Waals surface area contributed by atoms with Crippen molar-refractivity contribution < 1.29 is 4.39 Å². The first-order valence-corrected chi connectivity index (χ1v) is 7.88. The summed E-state index contributed by atoms with van der Waals surface area (Å²) in [7, 11) is 0. The Morgan fingerprint density at radius 2 is 2.10 bits per heavy atom. The van der Waals surface area contributed by atoms with E-state index in [2.05, 4.69) is 24.1 Å². The molecule has 1 aliphatic heterocycles. The minimum absolute atomic E-state index is 0.129. The fourth-order valence-corrected chi connectivity index (χ4v) is 3.15. The van der Waals surface area contributed by atoms with Gasteiger partial charge in [0, 0.05) is 12.6 Å². The van der Waals surface area contributed by atoms with Gasteiger partial charge in [0.25, 0.3) is 0 Å². The fourth-order valence-electron chi connectivity index (χ4n) is 3.15. The van der Waals surface area contributed by atoms with Crippen molar-refractivity contribution in [2.45, 2.75) is 39.2 Å². The molecule has 0 spiro atoms. The molecular weight excluding hydrogens is 251 g/mol. The predicted molar refractivity (Wildman–Crippen MR) is 82.4 cm³/mol. The summed E-state index contributed by atoms with van der Waals surface area (Å²) in [5.74, 6) is 0.683. The SMILES string of the molecule is CCN(CC1CCNCC1)C(C)Cc1cccc(F)c1. The first kappa shape index (κ1) is 15.5. The zero-order valence-electron chi connectivity index (χ0n) is 12.7. The number of hydrogen-bond acceptors (Lipinski definition) is 2. The van der Waals surface area contributed by atoms with Crippen LogP contribution in [-0.4, -0.2) is 37.1 Å². The van der Waals surface area contributed by atoms with Crippen LogP contribution in [0.3, 0.4) is 0 Å². The number of likely N-dealkylation sites (N-methyl/N-ethyl adjacent to an activating group) is 1. The van der Waals surface area contributed by atoms with Gasteiger partial charge < -0.3 is 10.2 Å². The fraction of sp³-hybridized carbons (Fsp3) is 0.647. The van der Waals surface area contributed by atoms with E-state index in [0.717, 1.165) is 37.5 Å². The van der Waals surface area contributed by atoms with Crippen molar-refractivity contribution in [3.63, 3.8) is 0 Å². The molecule has 0 aliphatic carbocycles. The third-order valence-electron chi connectivity index (χ3n) is 4.40. The van der Waals surface area contributed by atoms with E-state index in [-0.39, 0.29) is 5.82 Å². The number of piperidine rings is 1. The monoisotopic (exact) mass is 278 g/mol. The molecule has 2 rings (SSSR count). The molecule has 3 heteroatoms. The summed E-state index contributed by atoms with van der Waals surface area (Å²) in [5.41, 5.74) is 1.10. The van der Waals surface area contributed by atoms with Gasteiger partial charge in [-0.1, -0.05) is 19.1 Å². The standard InChI is InChI=1S/C17H27FN2/c1-3-20(13-15-7-9-19-10-8-15)14(2)11-16-5-4-6-17(18)12-16/h4-6,12,14-15,19H,3,7-11,13H2,1-2H3. The molecule has 1 atom stereocenters. The summed E-state index contributed by atoms with van der Waals surface area (Å²) < 4.78 is 13.3. The lowest BCUT2D eigenvalue weighted by molar-refractivity contribution is 0.167. The minimum Gasteiger partial charge on any atom is -0.317 e. The zero-order chi connectivity index (χ0) is 14.4. The molecule has 2 nitrogen and oxygen atoms in total. The average Bonchev–Trinajstić information content (AvgIpc) is 2.45. The second-order valence-electron chi connectivity index (χ2n) is 5.96. The van der Waals surface area contributed by atoms with Crippen molar-refractivity contribution in [3.05, 3.63) is 35.6 Å². The molecule has 0 bridgehead atoms. The molecular formula is C17H27FN2. The molecule has 0 amide bonds. The van der Waals surface area contributed by atoms with Crippen LogP contribution in [-0.2, 0) is 6.42 Å². The zero-order valence-corrected chi connectivity index (χ0v) is 12.7. The van der Waals surface area contributed by atoms with Gasteiger partial charge in [-0.15, -0.1) is 0 Å². The molecule has 1 saturated heterocycles. The van der Waals surface area contributed by atoms with E-state index < -0.39 is 0 Å². The third-order valence-corrected chi connectivity index (χ3v) is 4.40. The van der Waals surface area contributed by atoms with Gasteiger partial charge in [0.15, 0.2) is 0 Å². The van der Waals surface area contributed by atoms with E-state index >= 15 is 0 Å². The normalized spacial score (nSPS) is 18.4. The first-order valence-electron chi connectivity index (χ1n) is 7.88. The van der Waals surface area contributed by atoms with E-state index in [1.165, 1.54) is 25.5 Å². The lowest BCUT2D eigenvalue weighted by Gasteiger charge is -2.33. The molecule has 0 radical (unpaired) electrons. The van der Waals surface area contributed by atoms with Crippen molar-refractivity contribution in [1.82, 2.24) is 10.2 Å². The number of hydrogen-bond donors (Lipinski definition) is 1. The van der Waals surface area contributed by atoms with Gasteiger partial charge in [-0.05, 0) is 69.4 Å². The molecule has 112 valence electrons. The summed E-state index contributed by atoms with van der Waals surface area (Å²) in [6.45, 7) is 9.04. The quantitative estimate of drug-likeness (QED) is 0.860. The van der Waals surface area contributed by atoms with Gasteiger partial charge in [-0.2, -0.15) is 0 Å². The highest BCUT2D eigenvalue weighted by atomic mass is 19.1. The highest BCUT2D eigenvalue weighted by molar-refractivity contribution is 5.17. The Balaban J connectivity index is 1.89. The van der Waals surface area contributed by atoms with Gasteiger partial charge in [0.05, 0.1) is 0 Å². The Morgan fingerprint density at radius 3 is 2.75 bits per heavy atom. The van der Waals surface area contributed by atoms with E-state index in [1.807, 2.05) is 6.07 Å². The third kappa shape index (κ3) is 4.57. The summed E-state index contributed by atoms with van der Waals surface area (Å²) in [4.78, 5) is 2.54. The second-order valence-corrected chi connectivity index (χ2v) is 5.96. The Kier molecular flexibility index (Phi) is 5.99. The Labute approximate surface area is 122 Å². The van der Waals surface area contributed by atoms with Crippen molar-refractivity contribution in [2.75, 3.05) is 26.2 Å². The van der Waals surface area contributed by atoms with Crippen molar-refractivity contribution >= 4 is 0 Å². The average molecular weight is 278 g/mol. The Morgan fingerprint density at radius 1 is 1.35 bits per heavy atom. The lowest BCUT2D eigenvalue weighted by atomic mass is 9.96. The molecule has 1 heterocycles. The van der Waals surface area contributed by atoms with Gasteiger partial charge in [-0.25, -0.2) is 4.39 Å². The topological polar surface area (TPSA) is 15.3 Å². The summed E-state index contributed by atoms with van der Waals surface area (Å²) in [6.07, 6.45) is 3.49. The van der Waals surface area contributed by atoms with Crippen LogP contribution in [0.2, 0.25) is 0 Å². The molecule has 1 fully saturated rings. The largest absolute Gasteiger partial charge is 0.317 e. The highest BCUT2D eigenvalue weighted by Crippen LogP contribution is 2.17. The maximum absolute atomic E-state index is 13.3. The van der Waals surface area contributed by atoms with Crippen LogP contribution >= 0.6 is 0 Å². The van der Waals surface area contributed by atoms with Crippen LogP contribution in [0.4, 0.5) is 4.39 Å². The summed E-state index contributed by atoms with van der Waals surface area (Å²) >= 11 is 0. The maximum Gasteiger partial charge on any atom is 0.123 e. The number of benzene rings is 1. The second kappa shape index (κ2) is 7.75. The number of rotatable bonds is 6. The molecule has 0 saturated carbocycles. The van der Waals surface area contributed by atoms with Crippen LogP contribution < -0.4 is 5.32 Å². The molecule has 20 heavy (non-hydrogen) atoms. The highest BCUT2D eigenvalue weighted by Gasteiger charge is 2.19. The van der Waals surface area contributed by atoms with Crippen LogP contribution in [0.5, 0.6) is 0 Å². The number of nitrogens with one attached hydrogen (secondary N) is 1. The number of nitrogens with zero attached hydrogens (tertiary/aromatic N) is 1. The summed E-state index contributed by atoms with van der Waals surface area (Å²) in [5, 5.41) is 3.42. The molecule has 1 unspecified atom stereocenters. The molecule has 1 aromatic carbocycles. The first-order chi connectivity index (χ1) is 9.69.